The number of amides is 2. The van der Waals surface area contributed by atoms with E-state index in [1.165, 1.54) is 31.2 Å². The Bertz CT molecular complexity index is 719. The molecule has 2 aliphatic heterocycles. The maximum Gasteiger partial charge on any atom is 0.225 e. The van der Waals surface area contributed by atoms with Crippen molar-refractivity contribution in [1.29, 1.82) is 0 Å². The average Bonchev–Trinajstić information content (AvgIpc) is 2.85. The van der Waals surface area contributed by atoms with Crippen molar-refractivity contribution in [1.82, 2.24) is 20.1 Å². The lowest BCUT2D eigenvalue weighted by Gasteiger charge is -2.44. The lowest BCUT2D eigenvalue weighted by Crippen LogP contribution is -2.58. The molecule has 0 bridgehead atoms. The van der Waals surface area contributed by atoms with Crippen molar-refractivity contribution in [2.45, 2.75) is 76.8 Å². The summed E-state index contributed by atoms with van der Waals surface area (Å²) < 4.78 is 0. The van der Waals surface area contributed by atoms with Crippen molar-refractivity contribution in [3.8, 4) is 0 Å². The van der Waals surface area contributed by atoms with Gasteiger partial charge in [0.05, 0.1) is 5.92 Å². The molecule has 170 valence electrons. The number of fused-ring (bicyclic) bond motifs is 1. The van der Waals surface area contributed by atoms with E-state index in [1.807, 2.05) is 12.4 Å². The van der Waals surface area contributed by atoms with E-state index in [1.54, 1.807) is 0 Å². The van der Waals surface area contributed by atoms with Crippen LogP contribution < -0.4 is 5.32 Å². The van der Waals surface area contributed by atoms with Gasteiger partial charge in [-0.15, -0.1) is 0 Å². The third-order valence-corrected chi connectivity index (χ3v) is 7.46. The van der Waals surface area contributed by atoms with Gasteiger partial charge in [-0.25, -0.2) is 0 Å². The first-order valence-electron chi connectivity index (χ1n) is 12.4. The van der Waals surface area contributed by atoms with Crippen LogP contribution in [0.25, 0.3) is 0 Å². The summed E-state index contributed by atoms with van der Waals surface area (Å²) in [6.45, 7) is 3.95. The van der Waals surface area contributed by atoms with E-state index in [4.69, 9.17) is 0 Å². The number of aromatic nitrogens is 1. The second-order valence-corrected chi connectivity index (χ2v) is 9.61. The fourth-order valence-corrected chi connectivity index (χ4v) is 5.64. The van der Waals surface area contributed by atoms with Crippen LogP contribution in [0, 0.1) is 11.8 Å². The molecule has 0 spiro atoms. The van der Waals surface area contributed by atoms with Crippen LogP contribution in [0.5, 0.6) is 0 Å². The largest absolute Gasteiger partial charge is 0.356 e. The molecular weight excluding hydrogens is 388 g/mol. The fourth-order valence-electron chi connectivity index (χ4n) is 5.64. The quantitative estimate of drug-likeness (QED) is 0.805. The molecular formula is C25H38N4O2. The van der Waals surface area contributed by atoms with Crippen LogP contribution in [0.2, 0.25) is 0 Å². The van der Waals surface area contributed by atoms with Crippen LogP contribution in [0.4, 0.5) is 0 Å². The van der Waals surface area contributed by atoms with Crippen molar-refractivity contribution in [3.05, 3.63) is 30.1 Å². The number of rotatable bonds is 3. The minimum absolute atomic E-state index is 0.0460. The van der Waals surface area contributed by atoms with E-state index in [2.05, 4.69) is 32.2 Å². The minimum atomic E-state index is -0.0460. The molecule has 31 heavy (non-hydrogen) atoms. The second-order valence-electron chi connectivity index (χ2n) is 9.61. The summed E-state index contributed by atoms with van der Waals surface area (Å²) in [6, 6.07) is 4.20. The lowest BCUT2D eigenvalue weighted by atomic mass is 9.85. The van der Waals surface area contributed by atoms with Gasteiger partial charge in [-0.05, 0) is 56.3 Å². The average molecular weight is 427 g/mol. The Morgan fingerprint density at radius 2 is 1.71 bits per heavy atom. The zero-order valence-corrected chi connectivity index (χ0v) is 18.8. The van der Waals surface area contributed by atoms with Crippen LogP contribution in [-0.4, -0.2) is 58.8 Å². The number of hydrogen-bond donors (Lipinski definition) is 1. The molecule has 1 N–H and O–H groups in total. The predicted molar refractivity (Wildman–Crippen MR) is 121 cm³/mol. The van der Waals surface area contributed by atoms with Gasteiger partial charge in [-0.1, -0.05) is 32.1 Å². The maximum atomic E-state index is 13.3. The highest BCUT2D eigenvalue weighted by atomic mass is 16.2. The predicted octanol–water partition coefficient (Wildman–Crippen LogP) is 3.37. The Kier molecular flexibility index (Phi) is 7.95. The third-order valence-electron chi connectivity index (χ3n) is 7.46. The normalized spacial score (nSPS) is 27.1. The van der Waals surface area contributed by atoms with Crippen LogP contribution in [0.15, 0.2) is 24.5 Å². The van der Waals surface area contributed by atoms with Crippen LogP contribution >= 0.6 is 0 Å². The molecule has 6 nitrogen and oxygen atoms in total. The highest BCUT2D eigenvalue weighted by molar-refractivity contribution is 5.82. The van der Waals surface area contributed by atoms with Gasteiger partial charge in [0.15, 0.2) is 0 Å². The Balaban J connectivity index is 1.54. The van der Waals surface area contributed by atoms with Crippen molar-refractivity contribution < 1.29 is 9.59 Å². The highest BCUT2D eigenvalue weighted by Gasteiger charge is 2.40. The smallest absolute Gasteiger partial charge is 0.225 e. The summed E-state index contributed by atoms with van der Waals surface area (Å²) in [5.41, 5.74) is 1.22. The summed E-state index contributed by atoms with van der Waals surface area (Å²) in [6.07, 6.45) is 14.6. The summed E-state index contributed by atoms with van der Waals surface area (Å²) in [4.78, 5) is 35.1. The first-order chi connectivity index (χ1) is 15.2. The van der Waals surface area contributed by atoms with Gasteiger partial charge in [0.1, 0.15) is 0 Å². The second kappa shape index (κ2) is 11.1. The zero-order valence-electron chi connectivity index (χ0n) is 18.8. The number of carbonyl (C=O) groups excluding carboxylic acids is 2. The molecule has 1 aromatic heterocycles. The van der Waals surface area contributed by atoms with Crippen molar-refractivity contribution in [2.24, 2.45) is 11.8 Å². The topological polar surface area (TPSA) is 65.5 Å². The van der Waals surface area contributed by atoms with Gasteiger partial charge in [-0.3, -0.25) is 19.5 Å². The monoisotopic (exact) mass is 426 g/mol. The maximum absolute atomic E-state index is 13.3. The molecule has 3 heterocycles. The number of nitrogens with one attached hydrogen (secondary N) is 1. The zero-order chi connectivity index (χ0) is 21.5. The van der Waals surface area contributed by atoms with Crippen LogP contribution in [-0.2, 0) is 16.1 Å². The molecule has 1 aliphatic carbocycles. The van der Waals surface area contributed by atoms with Crippen LogP contribution in [0.3, 0.4) is 0 Å². The molecule has 1 aromatic rings. The molecule has 2 amide bonds. The van der Waals surface area contributed by atoms with Crippen molar-refractivity contribution in [2.75, 3.05) is 26.2 Å². The molecule has 2 atom stereocenters. The van der Waals surface area contributed by atoms with Gasteiger partial charge >= 0.3 is 0 Å². The first kappa shape index (κ1) is 22.3. The van der Waals surface area contributed by atoms with E-state index in [0.717, 1.165) is 58.2 Å². The molecule has 3 fully saturated rings. The number of nitrogens with zero attached hydrogens (tertiary/aromatic N) is 3. The highest BCUT2D eigenvalue weighted by Crippen LogP contribution is 2.30. The molecule has 0 aromatic carbocycles. The summed E-state index contributed by atoms with van der Waals surface area (Å²) in [5.74, 6) is 0.652. The van der Waals surface area contributed by atoms with Crippen LogP contribution in [0.1, 0.15) is 69.8 Å². The molecule has 4 rings (SSSR count). The van der Waals surface area contributed by atoms with E-state index in [9.17, 15) is 9.59 Å². The van der Waals surface area contributed by atoms with Gasteiger partial charge in [-0.2, -0.15) is 0 Å². The van der Waals surface area contributed by atoms with Crippen molar-refractivity contribution in [3.63, 3.8) is 0 Å². The third kappa shape index (κ3) is 5.85. The molecule has 3 aliphatic rings. The molecule has 0 unspecified atom stereocenters. The van der Waals surface area contributed by atoms with Crippen molar-refractivity contribution >= 4 is 11.8 Å². The Morgan fingerprint density at radius 3 is 2.52 bits per heavy atom. The molecule has 1 saturated carbocycles. The first-order valence-corrected chi connectivity index (χ1v) is 12.4. The fraction of sp³-hybridized carbons (Fsp3) is 0.720. The number of likely N-dealkylation sites (tertiary alicyclic amines) is 1. The summed E-state index contributed by atoms with van der Waals surface area (Å²) in [5, 5.41) is 3.19. The van der Waals surface area contributed by atoms with E-state index >= 15 is 0 Å². The molecule has 6 heteroatoms. The Labute approximate surface area is 186 Å². The van der Waals surface area contributed by atoms with E-state index in [-0.39, 0.29) is 23.8 Å². The van der Waals surface area contributed by atoms with E-state index < -0.39 is 0 Å². The standard InChI is InChI=1S/C25H38N4O2/c30-24-22-12-17-29(25(31)21-8-4-3-5-9-21)19-23(22)28(16-7-2-1-6-13-27-24)18-20-10-14-26-15-11-20/h10-11,14-15,21-23H,1-9,12-13,16-19H2,(H,27,30)/t22-,23-/m1/s1. The number of pyridine rings is 1. The minimum Gasteiger partial charge on any atom is -0.356 e. The number of piperidine rings is 1. The van der Waals surface area contributed by atoms with E-state index in [0.29, 0.717) is 19.0 Å². The summed E-state index contributed by atoms with van der Waals surface area (Å²) in [7, 11) is 0. The Morgan fingerprint density at radius 1 is 0.968 bits per heavy atom. The summed E-state index contributed by atoms with van der Waals surface area (Å²) >= 11 is 0. The number of hydrogen-bond acceptors (Lipinski definition) is 4. The van der Waals surface area contributed by atoms with Gasteiger partial charge < -0.3 is 10.2 Å². The molecule has 2 saturated heterocycles. The lowest BCUT2D eigenvalue weighted by molar-refractivity contribution is -0.143. The SMILES string of the molecule is O=C1NCCCCCCN(Cc2ccncc2)[C@@H]2CN(C(=O)C3CCCCC3)CC[C@@H]12. The Hall–Kier alpha value is -1.95. The molecule has 0 radical (unpaired) electrons. The number of carbonyl (C=O) groups is 2. The van der Waals surface area contributed by atoms with Gasteiger partial charge in [0, 0.05) is 50.5 Å². The van der Waals surface area contributed by atoms with Gasteiger partial charge in [0.2, 0.25) is 11.8 Å². The van der Waals surface area contributed by atoms with Gasteiger partial charge in [0.25, 0.3) is 0 Å².